The van der Waals surface area contributed by atoms with Crippen LogP contribution in [-0.4, -0.2) is 35.1 Å². The lowest BCUT2D eigenvalue weighted by Crippen LogP contribution is -2.03. The number of nitrogens with zero attached hydrogens (tertiary/aromatic N) is 3. The van der Waals surface area contributed by atoms with E-state index in [9.17, 15) is 4.79 Å². The summed E-state index contributed by atoms with van der Waals surface area (Å²) in [5, 5.41) is 0. The Kier molecular flexibility index (Phi) is 3.47. The highest BCUT2D eigenvalue weighted by Crippen LogP contribution is 2.17. The quantitative estimate of drug-likeness (QED) is 0.759. The molecule has 2 rings (SSSR count). The van der Waals surface area contributed by atoms with Crippen molar-refractivity contribution < 1.29 is 14.3 Å². The third-order valence-electron chi connectivity index (χ3n) is 2.28. The molecule has 0 bridgehead atoms. The van der Waals surface area contributed by atoms with Crippen LogP contribution in [0.4, 0.5) is 0 Å². The van der Waals surface area contributed by atoms with Crippen molar-refractivity contribution in [2.24, 2.45) is 0 Å². The molecular formula is C12H11N3O3. The third-order valence-corrected chi connectivity index (χ3v) is 2.28. The third kappa shape index (κ3) is 2.42. The molecule has 0 aromatic carbocycles. The van der Waals surface area contributed by atoms with E-state index in [2.05, 4.69) is 19.7 Å². The fourth-order valence-electron chi connectivity index (χ4n) is 1.36. The first-order valence-corrected chi connectivity index (χ1v) is 5.15. The highest BCUT2D eigenvalue weighted by Gasteiger charge is 2.08. The topological polar surface area (TPSA) is 74.2 Å². The SMILES string of the molecule is COC(=O)c1ccc(-c2cncc(OC)n2)cn1. The average molecular weight is 245 g/mol. The van der Waals surface area contributed by atoms with Crippen LogP contribution < -0.4 is 4.74 Å². The predicted molar refractivity (Wildman–Crippen MR) is 63.2 cm³/mol. The zero-order valence-electron chi connectivity index (χ0n) is 9.95. The average Bonchev–Trinajstić information content (AvgIpc) is 2.46. The number of esters is 1. The number of pyridine rings is 1. The summed E-state index contributed by atoms with van der Waals surface area (Å²) in [6, 6.07) is 3.30. The Morgan fingerprint density at radius 2 is 2.00 bits per heavy atom. The molecule has 6 heteroatoms. The van der Waals surface area contributed by atoms with Crippen molar-refractivity contribution in [3.8, 4) is 17.1 Å². The molecule has 2 aromatic heterocycles. The maximum atomic E-state index is 11.2. The van der Waals surface area contributed by atoms with Gasteiger partial charge >= 0.3 is 5.97 Å². The molecule has 6 nitrogen and oxygen atoms in total. The number of hydrogen-bond donors (Lipinski definition) is 0. The molecule has 92 valence electrons. The Morgan fingerprint density at radius 3 is 2.61 bits per heavy atom. The zero-order chi connectivity index (χ0) is 13.0. The normalized spacial score (nSPS) is 9.89. The number of methoxy groups -OCH3 is 2. The van der Waals surface area contributed by atoms with Crippen molar-refractivity contribution in [2.75, 3.05) is 14.2 Å². The van der Waals surface area contributed by atoms with E-state index in [0.717, 1.165) is 5.56 Å². The van der Waals surface area contributed by atoms with Crippen LogP contribution in [0, 0.1) is 0 Å². The summed E-state index contributed by atoms with van der Waals surface area (Å²) in [6.45, 7) is 0. The zero-order valence-corrected chi connectivity index (χ0v) is 9.95. The van der Waals surface area contributed by atoms with E-state index < -0.39 is 5.97 Å². The Balaban J connectivity index is 2.31. The van der Waals surface area contributed by atoms with Gasteiger partial charge in [0.1, 0.15) is 5.69 Å². The van der Waals surface area contributed by atoms with Crippen molar-refractivity contribution >= 4 is 5.97 Å². The number of ether oxygens (including phenoxy) is 2. The van der Waals surface area contributed by atoms with Crippen molar-refractivity contribution in [1.82, 2.24) is 15.0 Å². The van der Waals surface area contributed by atoms with Gasteiger partial charge in [-0.2, -0.15) is 0 Å². The minimum atomic E-state index is -0.474. The van der Waals surface area contributed by atoms with Gasteiger partial charge < -0.3 is 9.47 Å². The summed E-state index contributed by atoms with van der Waals surface area (Å²) in [5.74, 6) is -0.0529. The molecule has 0 atom stereocenters. The summed E-state index contributed by atoms with van der Waals surface area (Å²) in [5.41, 5.74) is 1.62. The van der Waals surface area contributed by atoms with E-state index in [1.165, 1.54) is 26.6 Å². The number of carbonyl (C=O) groups is 1. The molecule has 2 aromatic rings. The Labute approximate surface area is 104 Å². The van der Waals surface area contributed by atoms with Gasteiger partial charge in [0.15, 0.2) is 0 Å². The molecule has 0 amide bonds. The standard InChI is InChI=1S/C12H11N3O3/c1-17-11-7-13-6-10(15-11)8-3-4-9(14-5-8)12(16)18-2/h3-7H,1-2H3. The van der Waals surface area contributed by atoms with E-state index in [1.807, 2.05) is 0 Å². The second-order valence-corrected chi connectivity index (χ2v) is 3.37. The maximum Gasteiger partial charge on any atom is 0.356 e. The number of aromatic nitrogens is 3. The number of carbonyl (C=O) groups excluding carboxylic acids is 1. The summed E-state index contributed by atoms with van der Waals surface area (Å²) in [6.07, 6.45) is 4.65. The van der Waals surface area contributed by atoms with Crippen LogP contribution in [0.1, 0.15) is 10.5 Å². The van der Waals surface area contributed by atoms with Gasteiger partial charge in [0.05, 0.1) is 32.3 Å². The molecule has 0 aliphatic heterocycles. The van der Waals surface area contributed by atoms with Crippen LogP contribution in [0.15, 0.2) is 30.7 Å². The van der Waals surface area contributed by atoms with Gasteiger partial charge in [0.2, 0.25) is 5.88 Å². The summed E-state index contributed by atoms with van der Waals surface area (Å²) in [4.78, 5) is 23.4. The lowest BCUT2D eigenvalue weighted by molar-refractivity contribution is 0.0594. The number of hydrogen-bond acceptors (Lipinski definition) is 6. The van der Waals surface area contributed by atoms with Crippen LogP contribution in [0.2, 0.25) is 0 Å². The lowest BCUT2D eigenvalue weighted by Gasteiger charge is -2.03. The molecular weight excluding hydrogens is 234 g/mol. The van der Waals surface area contributed by atoms with Gasteiger partial charge in [-0.05, 0) is 12.1 Å². The van der Waals surface area contributed by atoms with Gasteiger partial charge in [-0.1, -0.05) is 0 Å². The van der Waals surface area contributed by atoms with Gasteiger partial charge in [0, 0.05) is 11.8 Å². The van der Waals surface area contributed by atoms with Crippen molar-refractivity contribution in [3.05, 3.63) is 36.4 Å². The number of rotatable bonds is 3. The van der Waals surface area contributed by atoms with E-state index >= 15 is 0 Å². The van der Waals surface area contributed by atoms with Crippen molar-refractivity contribution in [2.45, 2.75) is 0 Å². The fourth-order valence-corrected chi connectivity index (χ4v) is 1.36. The molecule has 18 heavy (non-hydrogen) atoms. The summed E-state index contributed by atoms with van der Waals surface area (Å²) in [7, 11) is 2.83. The molecule has 0 fully saturated rings. The van der Waals surface area contributed by atoms with Crippen LogP contribution >= 0.6 is 0 Å². The Bertz CT molecular complexity index is 555. The first-order chi connectivity index (χ1) is 8.74. The fraction of sp³-hybridized carbons (Fsp3) is 0.167. The molecule has 0 saturated carbocycles. The molecule has 0 unspecified atom stereocenters. The van der Waals surface area contributed by atoms with E-state index in [4.69, 9.17) is 4.74 Å². The first kappa shape index (κ1) is 12.0. The van der Waals surface area contributed by atoms with Gasteiger partial charge in [-0.25, -0.2) is 14.8 Å². The lowest BCUT2D eigenvalue weighted by atomic mass is 10.2. The van der Waals surface area contributed by atoms with Crippen LogP contribution in [0.3, 0.4) is 0 Å². The molecule has 0 spiro atoms. The van der Waals surface area contributed by atoms with E-state index in [0.29, 0.717) is 11.6 Å². The Morgan fingerprint density at radius 1 is 1.17 bits per heavy atom. The van der Waals surface area contributed by atoms with Crippen LogP contribution in [0.25, 0.3) is 11.3 Å². The largest absolute Gasteiger partial charge is 0.480 e. The van der Waals surface area contributed by atoms with Crippen LogP contribution in [0.5, 0.6) is 5.88 Å². The molecule has 0 N–H and O–H groups in total. The van der Waals surface area contributed by atoms with Gasteiger partial charge in [0.25, 0.3) is 0 Å². The van der Waals surface area contributed by atoms with E-state index in [1.54, 1.807) is 18.3 Å². The molecule has 2 heterocycles. The van der Waals surface area contributed by atoms with Crippen molar-refractivity contribution in [1.29, 1.82) is 0 Å². The summed E-state index contributed by atoms with van der Waals surface area (Å²) < 4.78 is 9.56. The second-order valence-electron chi connectivity index (χ2n) is 3.37. The smallest absolute Gasteiger partial charge is 0.356 e. The van der Waals surface area contributed by atoms with Crippen LogP contribution in [-0.2, 0) is 4.74 Å². The van der Waals surface area contributed by atoms with Gasteiger partial charge in [-0.15, -0.1) is 0 Å². The predicted octanol–water partition coefficient (Wildman–Crippen LogP) is 1.33. The monoisotopic (exact) mass is 245 g/mol. The minimum absolute atomic E-state index is 0.247. The summed E-state index contributed by atoms with van der Waals surface area (Å²) >= 11 is 0. The van der Waals surface area contributed by atoms with E-state index in [-0.39, 0.29) is 5.69 Å². The molecule has 0 radical (unpaired) electrons. The highest BCUT2D eigenvalue weighted by atomic mass is 16.5. The Hall–Kier alpha value is -2.50. The second kappa shape index (κ2) is 5.22. The van der Waals surface area contributed by atoms with Gasteiger partial charge in [-0.3, -0.25) is 4.98 Å². The van der Waals surface area contributed by atoms with Crippen molar-refractivity contribution in [3.63, 3.8) is 0 Å². The first-order valence-electron chi connectivity index (χ1n) is 5.15. The minimum Gasteiger partial charge on any atom is -0.480 e. The molecule has 0 aliphatic rings. The maximum absolute atomic E-state index is 11.2. The molecule has 0 aliphatic carbocycles. The molecule has 0 saturated heterocycles. The highest BCUT2D eigenvalue weighted by molar-refractivity contribution is 5.87.